The maximum atomic E-state index is 6.53. The van der Waals surface area contributed by atoms with Gasteiger partial charge in [-0.3, -0.25) is 4.90 Å². The van der Waals surface area contributed by atoms with E-state index in [-0.39, 0.29) is 5.79 Å². The van der Waals surface area contributed by atoms with Crippen LogP contribution in [0.1, 0.15) is 57.8 Å². The predicted octanol–water partition coefficient (Wildman–Crippen LogP) is 2.26. The van der Waals surface area contributed by atoms with Crippen molar-refractivity contribution in [3.05, 3.63) is 0 Å². The second-order valence-corrected chi connectivity index (χ2v) is 7.57. The SMILES string of the molecule is NC1CCC2(CC1N1CCC[C@H]3CCCC[C@H]31)OCCO2. The monoisotopic (exact) mass is 294 g/mol. The lowest BCUT2D eigenvalue weighted by atomic mass is 9.75. The largest absolute Gasteiger partial charge is 0.347 e. The van der Waals surface area contributed by atoms with Crippen LogP contribution in [0.15, 0.2) is 0 Å². The molecule has 120 valence electrons. The third-order valence-electron chi connectivity index (χ3n) is 6.40. The van der Waals surface area contributed by atoms with Crippen molar-refractivity contribution in [1.29, 1.82) is 0 Å². The summed E-state index contributed by atoms with van der Waals surface area (Å²) >= 11 is 0. The number of hydrogen-bond acceptors (Lipinski definition) is 4. The molecule has 2 aliphatic heterocycles. The van der Waals surface area contributed by atoms with Gasteiger partial charge in [-0.15, -0.1) is 0 Å². The lowest BCUT2D eigenvalue weighted by molar-refractivity contribution is -0.196. The topological polar surface area (TPSA) is 47.7 Å². The predicted molar refractivity (Wildman–Crippen MR) is 81.9 cm³/mol. The summed E-state index contributed by atoms with van der Waals surface area (Å²) in [6.07, 6.45) is 11.4. The van der Waals surface area contributed by atoms with Gasteiger partial charge in [-0.2, -0.15) is 0 Å². The molecule has 21 heavy (non-hydrogen) atoms. The standard InChI is InChI=1S/C17H30N2O2/c18-14-7-8-17(20-10-11-21-17)12-16(14)19-9-3-5-13-4-1-2-6-15(13)19/h13-16H,1-12,18H2/t13-,14?,15-,16?/m1/s1. The van der Waals surface area contributed by atoms with E-state index in [1.807, 2.05) is 0 Å². The first-order valence-corrected chi connectivity index (χ1v) is 9.07. The summed E-state index contributed by atoms with van der Waals surface area (Å²) in [5.41, 5.74) is 6.53. The highest BCUT2D eigenvalue weighted by Gasteiger charge is 2.48. The number of hydrogen-bond donors (Lipinski definition) is 1. The van der Waals surface area contributed by atoms with Gasteiger partial charge in [0.05, 0.1) is 13.2 Å². The molecule has 0 radical (unpaired) electrons. The first-order chi connectivity index (χ1) is 10.3. The first kappa shape index (κ1) is 14.4. The minimum absolute atomic E-state index is 0.295. The van der Waals surface area contributed by atoms with Crippen molar-refractivity contribution in [2.45, 2.75) is 81.7 Å². The molecule has 4 heteroatoms. The fourth-order valence-electron chi connectivity index (χ4n) is 5.35. The van der Waals surface area contributed by atoms with E-state index in [0.29, 0.717) is 12.1 Å². The van der Waals surface area contributed by atoms with Crippen molar-refractivity contribution in [3.8, 4) is 0 Å². The number of nitrogens with two attached hydrogens (primary N) is 1. The lowest BCUT2D eigenvalue weighted by Crippen LogP contribution is -2.61. The minimum atomic E-state index is -0.303. The Labute approximate surface area is 128 Å². The molecule has 2 heterocycles. The molecule has 4 fully saturated rings. The molecule has 4 aliphatic rings. The van der Waals surface area contributed by atoms with Crippen LogP contribution in [-0.4, -0.2) is 48.6 Å². The molecule has 0 aromatic heterocycles. The zero-order valence-corrected chi connectivity index (χ0v) is 13.1. The van der Waals surface area contributed by atoms with Crippen LogP contribution in [0.5, 0.6) is 0 Å². The molecule has 2 aliphatic carbocycles. The van der Waals surface area contributed by atoms with Crippen LogP contribution in [0.3, 0.4) is 0 Å². The van der Waals surface area contributed by atoms with Gasteiger partial charge in [0.25, 0.3) is 0 Å². The summed E-state index contributed by atoms with van der Waals surface area (Å²) < 4.78 is 12.0. The second kappa shape index (κ2) is 5.80. The van der Waals surface area contributed by atoms with E-state index in [1.54, 1.807) is 0 Å². The van der Waals surface area contributed by atoms with Crippen LogP contribution < -0.4 is 5.73 Å². The maximum Gasteiger partial charge on any atom is 0.170 e. The van der Waals surface area contributed by atoms with Gasteiger partial charge >= 0.3 is 0 Å². The Balaban J connectivity index is 1.52. The first-order valence-electron chi connectivity index (χ1n) is 9.07. The zero-order valence-electron chi connectivity index (χ0n) is 13.1. The van der Waals surface area contributed by atoms with E-state index in [1.165, 1.54) is 45.1 Å². The average Bonchev–Trinajstić information content (AvgIpc) is 2.98. The number of piperidine rings is 1. The highest BCUT2D eigenvalue weighted by Crippen LogP contribution is 2.42. The molecule has 2 saturated heterocycles. The molecule has 2 N–H and O–H groups in total. The molecule has 0 aromatic rings. The zero-order chi connectivity index (χ0) is 14.3. The number of nitrogens with zero attached hydrogens (tertiary/aromatic N) is 1. The van der Waals surface area contributed by atoms with Crippen molar-refractivity contribution in [1.82, 2.24) is 4.90 Å². The Hall–Kier alpha value is -0.160. The molecule has 2 unspecified atom stereocenters. The molecule has 0 aromatic carbocycles. The number of likely N-dealkylation sites (tertiary alicyclic amines) is 1. The van der Waals surface area contributed by atoms with Gasteiger partial charge in [0, 0.05) is 31.0 Å². The minimum Gasteiger partial charge on any atom is -0.347 e. The van der Waals surface area contributed by atoms with Crippen LogP contribution in [0, 0.1) is 5.92 Å². The van der Waals surface area contributed by atoms with Gasteiger partial charge < -0.3 is 15.2 Å². The van der Waals surface area contributed by atoms with E-state index in [4.69, 9.17) is 15.2 Å². The molecule has 1 spiro atoms. The molecule has 2 saturated carbocycles. The van der Waals surface area contributed by atoms with Gasteiger partial charge in [0.1, 0.15) is 0 Å². The van der Waals surface area contributed by atoms with Crippen LogP contribution in [0.2, 0.25) is 0 Å². The van der Waals surface area contributed by atoms with Gasteiger partial charge in [-0.05, 0) is 44.6 Å². The summed E-state index contributed by atoms with van der Waals surface area (Å²) in [6.45, 7) is 2.75. The Kier molecular flexibility index (Phi) is 3.99. The van der Waals surface area contributed by atoms with Gasteiger partial charge in [-0.25, -0.2) is 0 Å². The Bertz CT molecular complexity index is 368. The summed E-state index contributed by atoms with van der Waals surface area (Å²) in [5.74, 6) is 0.616. The van der Waals surface area contributed by atoms with Crippen molar-refractivity contribution in [2.24, 2.45) is 11.7 Å². The Morgan fingerprint density at radius 2 is 1.67 bits per heavy atom. The fourth-order valence-corrected chi connectivity index (χ4v) is 5.35. The van der Waals surface area contributed by atoms with Gasteiger partial charge in [0.2, 0.25) is 0 Å². The third kappa shape index (κ3) is 2.65. The summed E-state index contributed by atoms with van der Waals surface area (Å²) in [7, 11) is 0. The van der Waals surface area contributed by atoms with Crippen LogP contribution in [0.25, 0.3) is 0 Å². The second-order valence-electron chi connectivity index (χ2n) is 7.57. The summed E-state index contributed by atoms with van der Waals surface area (Å²) in [6, 6.07) is 1.53. The lowest BCUT2D eigenvalue weighted by Gasteiger charge is -2.52. The quantitative estimate of drug-likeness (QED) is 0.806. The smallest absolute Gasteiger partial charge is 0.170 e. The Morgan fingerprint density at radius 3 is 2.52 bits per heavy atom. The molecule has 0 bridgehead atoms. The molecule has 4 atom stereocenters. The molecule has 4 rings (SSSR count). The van der Waals surface area contributed by atoms with Crippen LogP contribution in [-0.2, 0) is 9.47 Å². The molecular formula is C17H30N2O2. The normalized spacial score (nSPS) is 43.9. The van der Waals surface area contributed by atoms with E-state index in [0.717, 1.165) is 44.4 Å². The van der Waals surface area contributed by atoms with E-state index < -0.39 is 0 Å². The van der Waals surface area contributed by atoms with E-state index in [2.05, 4.69) is 4.90 Å². The number of fused-ring (bicyclic) bond motifs is 1. The summed E-state index contributed by atoms with van der Waals surface area (Å²) in [4.78, 5) is 2.77. The van der Waals surface area contributed by atoms with E-state index >= 15 is 0 Å². The fraction of sp³-hybridized carbons (Fsp3) is 1.00. The number of rotatable bonds is 1. The molecular weight excluding hydrogens is 264 g/mol. The van der Waals surface area contributed by atoms with Gasteiger partial charge in [0.15, 0.2) is 5.79 Å². The van der Waals surface area contributed by atoms with Crippen molar-refractivity contribution in [2.75, 3.05) is 19.8 Å². The van der Waals surface area contributed by atoms with Crippen LogP contribution >= 0.6 is 0 Å². The Morgan fingerprint density at radius 1 is 0.905 bits per heavy atom. The highest BCUT2D eigenvalue weighted by molar-refractivity contribution is 4.99. The number of ether oxygens (including phenoxy) is 2. The van der Waals surface area contributed by atoms with Crippen molar-refractivity contribution < 1.29 is 9.47 Å². The van der Waals surface area contributed by atoms with E-state index in [9.17, 15) is 0 Å². The highest BCUT2D eigenvalue weighted by atomic mass is 16.7. The van der Waals surface area contributed by atoms with Crippen molar-refractivity contribution in [3.63, 3.8) is 0 Å². The van der Waals surface area contributed by atoms with Crippen LogP contribution in [0.4, 0.5) is 0 Å². The third-order valence-corrected chi connectivity index (χ3v) is 6.40. The van der Waals surface area contributed by atoms with Gasteiger partial charge in [-0.1, -0.05) is 12.8 Å². The average molecular weight is 294 g/mol. The maximum absolute atomic E-state index is 6.53. The molecule has 4 nitrogen and oxygen atoms in total. The summed E-state index contributed by atoms with van der Waals surface area (Å²) in [5, 5.41) is 0. The molecule has 0 amide bonds. The van der Waals surface area contributed by atoms with Crippen molar-refractivity contribution >= 4 is 0 Å².